The molecule has 1 aliphatic rings. The molecular weight excluding hydrogens is 376 g/mol. The standard InChI is InChI=1S/C16H21ClN6O2S/c1-16(2,3)25-15(24)23-6-4-22(5-7-23)13-9-18-14(26-13)21-12-8-11(17)19-10-20-12/h8-10H,4-7H2,1-3H3,(H,18,19,20,21). The maximum absolute atomic E-state index is 12.1. The fourth-order valence-electron chi connectivity index (χ4n) is 2.42. The van der Waals surface area contributed by atoms with Crippen molar-refractivity contribution in [2.75, 3.05) is 36.4 Å². The molecule has 1 aliphatic heterocycles. The first-order chi connectivity index (χ1) is 12.3. The number of carbonyl (C=O) groups excluding carboxylic acids is 1. The number of nitrogens with zero attached hydrogens (tertiary/aromatic N) is 5. The molecule has 1 amide bonds. The number of piperazine rings is 1. The highest BCUT2D eigenvalue weighted by molar-refractivity contribution is 7.19. The third kappa shape index (κ3) is 4.95. The molecule has 0 atom stereocenters. The number of rotatable bonds is 3. The lowest BCUT2D eigenvalue weighted by Crippen LogP contribution is -2.49. The van der Waals surface area contributed by atoms with Crippen LogP contribution in [0.2, 0.25) is 5.15 Å². The Hall–Kier alpha value is -2.13. The molecule has 140 valence electrons. The number of ether oxygens (including phenoxy) is 1. The van der Waals surface area contributed by atoms with Crippen LogP contribution in [0, 0.1) is 0 Å². The molecule has 0 aromatic carbocycles. The average molecular weight is 397 g/mol. The monoisotopic (exact) mass is 396 g/mol. The van der Waals surface area contributed by atoms with Crippen molar-refractivity contribution < 1.29 is 9.53 Å². The van der Waals surface area contributed by atoms with Gasteiger partial charge in [-0.3, -0.25) is 0 Å². The second-order valence-corrected chi connectivity index (χ2v) is 8.21. The van der Waals surface area contributed by atoms with E-state index < -0.39 is 5.60 Å². The summed E-state index contributed by atoms with van der Waals surface area (Å²) in [4.78, 5) is 28.4. The van der Waals surface area contributed by atoms with Gasteiger partial charge in [-0.25, -0.2) is 19.7 Å². The highest BCUT2D eigenvalue weighted by Crippen LogP contribution is 2.30. The molecule has 2 aromatic rings. The molecule has 2 aromatic heterocycles. The zero-order valence-electron chi connectivity index (χ0n) is 14.9. The number of amides is 1. The minimum Gasteiger partial charge on any atom is -0.444 e. The summed E-state index contributed by atoms with van der Waals surface area (Å²) >= 11 is 7.38. The Morgan fingerprint density at radius 2 is 1.96 bits per heavy atom. The molecule has 1 fully saturated rings. The smallest absolute Gasteiger partial charge is 0.410 e. The summed E-state index contributed by atoms with van der Waals surface area (Å²) in [6, 6.07) is 1.64. The van der Waals surface area contributed by atoms with Gasteiger partial charge in [0.15, 0.2) is 5.13 Å². The van der Waals surface area contributed by atoms with Gasteiger partial charge in [0, 0.05) is 32.2 Å². The Labute approximate surface area is 161 Å². The van der Waals surface area contributed by atoms with Gasteiger partial charge in [0.2, 0.25) is 0 Å². The average Bonchev–Trinajstić information content (AvgIpc) is 3.02. The van der Waals surface area contributed by atoms with Crippen molar-refractivity contribution in [3.05, 3.63) is 23.7 Å². The van der Waals surface area contributed by atoms with E-state index in [2.05, 4.69) is 25.2 Å². The van der Waals surface area contributed by atoms with Crippen molar-refractivity contribution in [3.63, 3.8) is 0 Å². The predicted octanol–water partition coefficient (Wildman–Crippen LogP) is 3.39. The largest absolute Gasteiger partial charge is 0.444 e. The van der Waals surface area contributed by atoms with Crippen molar-refractivity contribution >= 4 is 45.0 Å². The number of halogens is 1. The zero-order chi connectivity index (χ0) is 18.7. The molecule has 8 nitrogen and oxygen atoms in total. The highest BCUT2D eigenvalue weighted by Gasteiger charge is 2.26. The summed E-state index contributed by atoms with van der Waals surface area (Å²) in [5, 5.41) is 5.26. The van der Waals surface area contributed by atoms with Crippen molar-refractivity contribution in [1.29, 1.82) is 0 Å². The Morgan fingerprint density at radius 3 is 2.62 bits per heavy atom. The quantitative estimate of drug-likeness (QED) is 0.796. The number of carbonyl (C=O) groups is 1. The summed E-state index contributed by atoms with van der Waals surface area (Å²) in [5.74, 6) is 0.598. The SMILES string of the molecule is CC(C)(C)OC(=O)N1CCN(c2cnc(Nc3cc(Cl)ncn3)s2)CC1. The van der Waals surface area contributed by atoms with Crippen molar-refractivity contribution in [2.24, 2.45) is 0 Å². The summed E-state index contributed by atoms with van der Waals surface area (Å²) in [7, 11) is 0. The third-order valence-electron chi connectivity index (χ3n) is 3.61. The van der Waals surface area contributed by atoms with Crippen LogP contribution in [-0.2, 0) is 4.74 Å². The van der Waals surface area contributed by atoms with E-state index in [1.54, 1.807) is 11.0 Å². The lowest BCUT2D eigenvalue weighted by Gasteiger charge is -2.35. The van der Waals surface area contributed by atoms with Crippen LogP contribution >= 0.6 is 22.9 Å². The van der Waals surface area contributed by atoms with Gasteiger partial charge in [-0.1, -0.05) is 22.9 Å². The highest BCUT2D eigenvalue weighted by atomic mass is 35.5. The van der Waals surface area contributed by atoms with E-state index in [-0.39, 0.29) is 6.09 Å². The fourth-order valence-corrected chi connectivity index (χ4v) is 3.44. The minimum absolute atomic E-state index is 0.260. The summed E-state index contributed by atoms with van der Waals surface area (Å²) in [5.41, 5.74) is -0.476. The van der Waals surface area contributed by atoms with Gasteiger partial charge in [-0.2, -0.15) is 0 Å². The van der Waals surface area contributed by atoms with Gasteiger partial charge < -0.3 is 19.9 Å². The molecule has 3 rings (SSSR count). The van der Waals surface area contributed by atoms with Crippen molar-refractivity contribution in [1.82, 2.24) is 19.9 Å². The molecule has 3 heterocycles. The number of hydrogen-bond donors (Lipinski definition) is 1. The number of aromatic nitrogens is 3. The van der Waals surface area contributed by atoms with Gasteiger partial charge in [0.1, 0.15) is 27.9 Å². The van der Waals surface area contributed by atoms with Crippen LogP contribution in [0.25, 0.3) is 0 Å². The van der Waals surface area contributed by atoms with E-state index in [1.165, 1.54) is 17.7 Å². The zero-order valence-corrected chi connectivity index (χ0v) is 16.5. The molecule has 26 heavy (non-hydrogen) atoms. The number of anilines is 3. The first-order valence-corrected chi connectivity index (χ1v) is 9.43. The topological polar surface area (TPSA) is 83.5 Å². The van der Waals surface area contributed by atoms with Crippen molar-refractivity contribution in [3.8, 4) is 0 Å². The van der Waals surface area contributed by atoms with Crippen LogP contribution in [0.1, 0.15) is 20.8 Å². The molecular formula is C16H21ClN6O2S. The minimum atomic E-state index is -0.476. The fraction of sp³-hybridized carbons (Fsp3) is 0.500. The Morgan fingerprint density at radius 1 is 1.23 bits per heavy atom. The third-order valence-corrected chi connectivity index (χ3v) is 4.79. The molecule has 0 unspecified atom stereocenters. The Bertz CT molecular complexity index is 770. The molecule has 0 saturated carbocycles. The molecule has 10 heteroatoms. The van der Waals surface area contributed by atoms with E-state index in [4.69, 9.17) is 16.3 Å². The van der Waals surface area contributed by atoms with Gasteiger partial charge in [0.05, 0.1) is 6.20 Å². The second-order valence-electron chi connectivity index (χ2n) is 6.81. The Balaban J connectivity index is 1.55. The van der Waals surface area contributed by atoms with Crippen molar-refractivity contribution in [2.45, 2.75) is 26.4 Å². The van der Waals surface area contributed by atoms with Gasteiger partial charge >= 0.3 is 6.09 Å². The molecule has 0 spiro atoms. The lowest BCUT2D eigenvalue weighted by atomic mass is 10.2. The molecule has 1 N–H and O–H groups in total. The molecule has 0 radical (unpaired) electrons. The first kappa shape index (κ1) is 18.7. The number of nitrogens with one attached hydrogen (secondary N) is 1. The predicted molar refractivity (Wildman–Crippen MR) is 102 cm³/mol. The number of hydrogen-bond acceptors (Lipinski definition) is 8. The Kier molecular flexibility index (Phi) is 5.47. The molecule has 0 aliphatic carbocycles. The van der Waals surface area contributed by atoms with Gasteiger partial charge in [-0.05, 0) is 20.8 Å². The van der Waals surface area contributed by atoms with E-state index in [1.807, 2.05) is 27.0 Å². The van der Waals surface area contributed by atoms with Crippen LogP contribution in [-0.4, -0.2) is 57.7 Å². The maximum Gasteiger partial charge on any atom is 0.410 e. The summed E-state index contributed by atoms with van der Waals surface area (Å²) in [6.07, 6.45) is 2.96. The summed E-state index contributed by atoms with van der Waals surface area (Å²) < 4.78 is 5.42. The maximum atomic E-state index is 12.1. The van der Waals surface area contributed by atoms with Crippen LogP contribution in [0.3, 0.4) is 0 Å². The van der Waals surface area contributed by atoms with Crippen LogP contribution in [0.15, 0.2) is 18.6 Å². The van der Waals surface area contributed by atoms with Gasteiger partial charge in [-0.15, -0.1) is 0 Å². The van der Waals surface area contributed by atoms with E-state index >= 15 is 0 Å². The normalized spacial score (nSPS) is 15.1. The van der Waals surface area contributed by atoms with Crippen LogP contribution in [0.4, 0.5) is 20.7 Å². The van der Waals surface area contributed by atoms with Crippen LogP contribution < -0.4 is 10.2 Å². The second kappa shape index (κ2) is 7.63. The van der Waals surface area contributed by atoms with E-state index in [0.717, 1.165) is 23.2 Å². The summed E-state index contributed by atoms with van der Waals surface area (Å²) in [6.45, 7) is 8.34. The number of thiazole rings is 1. The van der Waals surface area contributed by atoms with Crippen LogP contribution in [0.5, 0.6) is 0 Å². The van der Waals surface area contributed by atoms with Gasteiger partial charge in [0.25, 0.3) is 0 Å². The molecule has 0 bridgehead atoms. The van der Waals surface area contributed by atoms with E-state index in [9.17, 15) is 4.79 Å². The first-order valence-electron chi connectivity index (χ1n) is 8.23. The van der Waals surface area contributed by atoms with E-state index in [0.29, 0.717) is 24.1 Å². The molecule has 1 saturated heterocycles. The lowest BCUT2D eigenvalue weighted by molar-refractivity contribution is 0.0241.